The number of hydrogen-bond donors (Lipinski definition) is 1. The first kappa shape index (κ1) is 15.6. The van der Waals surface area contributed by atoms with Crippen LogP contribution in [0.3, 0.4) is 0 Å². The quantitative estimate of drug-likeness (QED) is 0.935. The van der Waals surface area contributed by atoms with Crippen LogP contribution in [0.15, 0.2) is 36.8 Å². The fourth-order valence-electron chi connectivity index (χ4n) is 3.03. The first-order valence-electron chi connectivity index (χ1n) is 7.78. The van der Waals surface area contributed by atoms with Crippen LogP contribution in [0.1, 0.15) is 24.2 Å². The van der Waals surface area contributed by atoms with Gasteiger partial charge in [0.1, 0.15) is 5.75 Å². The summed E-state index contributed by atoms with van der Waals surface area (Å²) in [5.41, 5.74) is 2.27. The van der Waals surface area contributed by atoms with E-state index >= 15 is 0 Å². The van der Waals surface area contributed by atoms with Gasteiger partial charge in [-0.15, -0.1) is 0 Å². The summed E-state index contributed by atoms with van der Waals surface area (Å²) in [5.74, 6) is 0.970. The van der Waals surface area contributed by atoms with Crippen molar-refractivity contribution in [3.8, 4) is 5.75 Å². The third-order valence-electron chi connectivity index (χ3n) is 4.37. The molecule has 2 heterocycles. The maximum Gasteiger partial charge on any atom is 0.219 e. The summed E-state index contributed by atoms with van der Waals surface area (Å²) in [6.45, 7) is 4.74. The number of aromatic amines is 1. The lowest BCUT2D eigenvalue weighted by molar-refractivity contribution is -0.132. The standard InChI is InChI=1S/C17H22N4O2/c1-13(22)20-7-8-21(10-15-9-18-12-19-15)17(11-20)14-3-5-16(23-2)6-4-14/h3-6,9,12,17H,7-8,10-11H2,1-2H3,(H,18,19)/t17-/m1/s1. The van der Waals surface area contributed by atoms with Crippen molar-refractivity contribution in [2.45, 2.75) is 19.5 Å². The summed E-state index contributed by atoms with van der Waals surface area (Å²) < 4.78 is 5.24. The van der Waals surface area contributed by atoms with E-state index in [0.717, 1.165) is 31.1 Å². The Morgan fingerprint density at radius 1 is 1.35 bits per heavy atom. The average molecular weight is 314 g/mol. The molecule has 0 spiro atoms. The van der Waals surface area contributed by atoms with Gasteiger partial charge in [-0.3, -0.25) is 9.69 Å². The van der Waals surface area contributed by atoms with Gasteiger partial charge in [0.15, 0.2) is 0 Å². The molecular weight excluding hydrogens is 292 g/mol. The van der Waals surface area contributed by atoms with Crippen molar-refractivity contribution >= 4 is 5.91 Å². The molecule has 1 fully saturated rings. The van der Waals surface area contributed by atoms with Gasteiger partial charge in [0, 0.05) is 45.0 Å². The summed E-state index contributed by atoms with van der Waals surface area (Å²) in [5, 5.41) is 0. The molecular formula is C17H22N4O2. The zero-order chi connectivity index (χ0) is 16.2. The highest BCUT2D eigenvalue weighted by Gasteiger charge is 2.29. The van der Waals surface area contributed by atoms with Crippen LogP contribution in [0.4, 0.5) is 0 Å². The molecule has 6 heteroatoms. The van der Waals surface area contributed by atoms with Crippen molar-refractivity contribution < 1.29 is 9.53 Å². The van der Waals surface area contributed by atoms with Gasteiger partial charge in [0.2, 0.25) is 5.91 Å². The van der Waals surface area contributed by atoms with Crippen molar-refractivity contribution in [1.29, 1.82) is 0 Å². The Labute approximate surface area is 136 Å². The molecule has 2 aromatic rings. The van der Waals surface area contributed by atoms with Crippen molar-refractivity contribution in [2.24, 2.45) is 0 Å². The first-order chi connectivity index (χ1) is 11.2. The number of aromatic nitrogens is 2. The number of carbonyl (C=O) groups is 1. The Morgan fingerprint density at radius 3 is 2.74 bits per heavy atom. The molecule has 0 unspecified atom stereocenters. The second-order valence-corrected chi connectivity index (χ2v) is 5.80. The van der Waals surface area contributed by atoms with Gasteiger partial charge in [0.05, 0.1) is 19.5 Å². The Kier molecular flexibility index (Phi) is 4.62. The zero-order valence-electron chi connectivity index (χ0n) is 13.5. The van der Waals surface area contributed by atoms with Gasteiger partial charge in [-0.2, -0.15) is 0 Å². The molecule has 1 N–H and O–H groups in total. The molecule has 0 aliphatic carbocycles. The molecule has 0 bridgehead atoms. The number of hydrogen-bond acceptors (Lipinski definition) is 4. The minimum atomic E-state index is 0.129. The summed E-state index contributed by atoms with van der Waals surface area (Å²) in [6, 6.07) is 8.26. The van der Waals surface area contributed by atoms with Crippen molar-refractivity contribution in [3.05, 3.63) is 48.0 Å². The minimum Gasteiger partial charge on any atom is -0.497 e. The zero-order valence-corrected chi connectivity index (χ0v) is 13.5. The van der Waals surface area contributed by atoms with Crippen LogP contribution < -0.4 is 4.74 Å². The largest absolute Gasteiger partial charge is 0.497 e. The maximum absolute atomic E-state index is 11.8. The highest BCUT2D eigenvalue weighted by atomic mass is 16.5. The summed E-state index contributed by atoms with van der Waals surface area (Å²) >= 11 is 0. The Bertz CT molecular complexity index is 639. The van der Waals surface area contributed by atoms with Crippen LogP contribution in [-0.4, -0.2) is 52.4 Å². The number of rotatable bonds is 4. The SMILES string of the molecule is COc1ccc([C@H]2CN(C(C)=O)CCN2Cc2cnc[nH]2)cc1. The molecule has 1 aromatic carbocycles. The van der Waals surface area contributed by atoms with Crippen LogP contribution in [0.5, 0.6) is 5.75 Å². The number of methoxy groups -OCH3 is 1. The Balaban J connectivity index is 1.82. The van der Waals surface area contributed by atoms with E-state index in [1.54, 1.807) is 20.4 Å². The molecule has 3 rings (SSSR count). The van der Waals surface area contributed by atoms with Gasteiger partial charge in [0.25, 0.3) is 0 Å². The fourth-order valence-corrected chi connectivity index (χ4v) is 3.03. The second kappa shape index (κ2) is 6.83. The third kappa shape index (κ3) is 3.53. The number of ether oxygens (including phenoxy) is 1. The number of amides is 1. The van der Waals surface area contributed by atoms with E-state index in [1.165, 1.54) is 5.56 Å². The monoisotopic (exact) mass is 314 g/mol. The Morgan fingerprint density at radius 2 is 2.13 bits per heavy atom. The number of nitrogens with zero attached hydrogens (tertiary/aromatic N) is 3. The predicted octanol–water partition coefficient (Wildman–Crippen LogP) is 1.82. The van der Waals surface area contributed by atoms with Crippen LogP contribution in [0.2, 0.25) is 0 Å². The van der Waals surface area contributed by atoms with Gasteiger partial charge < -0.3 is 14.6 Å². The smallest absolute Gasteiger partial charge is 0.219 e. The number of carbonyl (C=O) groups excluding carboxylic acids is 1. The van der Waals surface area contributed by atoms with E-state index in [0.29, 0.717) is 6.54 Å². The highest BCUT2D eigenvalue weighted by molar-refractivity contribution is 5.73. The van der Waals surface area contributed by atoms with Gasteiger partial charge >= 0.3 is 0 Å². The topological polar surface area (TPSA) is 61.5 Å². The molecule has 0 radical (unpaired) electrons. The molecule has 1 aliphatic rings. The first-order valence-corrected chi connectivity index (χ1v) is 7.78. The predicted molar refractivity (Wildman–Crippen MR) is 87.0 cm³/mol. The van der Waals surface area contributed by atoms with E-state index in [1.807, 2.05) is 23.2 Å². The summed E-state index contributed by atoms with van der Waals surface area (Å²) in [4.78, 5) is 23.3. The molecule has 1 saturated heterocycles. The molecule has 1 aliphatic heterocycles. The number of nitrogens with one attached hydrogen (secondary N) is 1. The lowest BCUT2D eigenvalue weighted by atomic mass is 10.0. The second-order valence-electron chi connectivity index (χ2n) is 5.80. The Hall–Kier alpha value is -2.34. The van der Waals surface area contributed by atoms with Crippen LogP contribution in [0.25, 0.3) is 0 Å². The summed E-state index contributed by atoms with van der Waals surface area (Å²) in [7, 11) is 1.66. The maximum atomic E-state index is 11.8. The van der Waals surface area contributed by atoms with Crippen LogP contribution in [0, 0.1) is 0 Å². The van der Waals surface area contributed by atoms with E-state index < -0.39 is 0 Å². The summed E-state index contributed by atoms with van der Waals surface area (Å²) in [6.07, 6.45) is 3.55. The molecule has 0 saturated carbocycles. The molecule has 122 valence electrons. The van der Waals surface area contributed by atoms with E-state index in [9.17, 15) is 4.79 Å². The van der Waals surface area contributed by atoms with Crippen LogP contribution in [-0.2, 0) is 11.3 Å². The number of imidazole rings is 1. The third-order valence-corrected chi connectivity index (χ3v) is 4.37. The fraction of sp³-hybridized carbons (Fsp3) is 0.412. The van der Waals surface area contributed by atoms with E-state index in [4.69, 9.17) is 4.74 Å². The van der Waals surface area contributed by atoms with E-state index in [-0.39, 0.29) is 11.9 Å². The minimum absolute atomic E-state index is 0.129. The van der Waals surface area contributed by atoms with Crippen molar-refractivity contribution in [2.75, 3.05) is 26.7 Å². The van der Waals surface area contributed by atoms with Gasteiger partial charge in [-0.1, -0.05) is 12.1 Å². The van der Waals surface area contributed by atoms with Crippen LogP contribution >= 0.6 is 0 Å². The van der Waals surface area contributed by atoms with Gasteiger partial charge in [-0.25, -0.2) is 4.98 Å². The van der Waals surface area contributed by atoms with Crippen molar-refractivity contribution in [3.63, 3.8) is 0 Å². The lowest BCUT2D eigenvalue weighted by Gasteiger charge is -2.41. The number of benzene rings is 1. The normalized spacial score (nSPS) is 18.9. The average Bonchev–Trinajstić information content (AvgIpc) is 3.08. The molecule has 1 atom stereocenters. The van der Waals surface area contributed by atoms with Crippen molar-refractivity contribution in [1.82, 2.24) is 19.8 Å². The molecule has 1 amide bonds. The lowest BCUT2D eigenvalue weighted by Crippen LogP contribution is -2.49. The molecule has 1 aromatic heterocycles. The van der Waals surface area contributed by atoms with E-state index in [2.05, 4.69) is 27.0 Å². The molecule has 6 nitrogen and oxygen atoms in total. The number of piperazine rings is 1. The molecule has 23 heavy (non-hydrogen) atoms. The number of H-pyrrole nitrogens is 1. The highest BCUT2D eigenvalue weighted by Crippen LogP contribution is 2.28. The van der Waals surface area contributed by atoms with Gasteiger partial charge in [-0.05, 0) is 17.7 Å².